The normalized spacial score (nSPS) is 10.3. The van der Waals surface area contributed by atoms with Crippen molar-refractivity contribution in [2.75, 3.05) is 0 Å². The molecule has 1 N–H and O–H groups in total. The molecule has 0 saturated heterocycles. The standard InChI is InChI=1S/C18H14IN3O/c19-16-9-5-4-8-15(16)18(23)20-11-14-10-17(22-12-21-14)13-6-2-1-3-7-13/h1-10,12H,11H2,(H,20,23). The Morgan fingerprint density at radius 3 is 2.52 bits per heavy atom. The molecule has 23 heavy (non-hydrogen) atoms. The maximum absolute atomic E-state index is 12.2. The highest BCUT2D eigenvalue weighted by Gasteiger charge is 2.09. The zero-order valence-corrected chi connectivity index (χ0v) is 14.4. The Bertz CT molecular complexity index is 821. The second-order valence-electron chi connectivity index (χ2n) is 4.92. The molecule has 114 valence electrons. The molecule has 0 atom stereocenters. The van der Waals surface area contributed by atoms with Gasteiger partial charge in [-0.1, -0.05) is 42.5 Å². The predicted molar refractivity (Wildman–Crippen MR) is 97.8 cm³/mol. The molecule has 0 aliphatic carbocycles. The summed E-state index contributed by atoms with van der Waals surface area (Å²) >= 11 is 2.16. The number of rotatable bonds is 4. The van der Waals surface area contributed by atoms with Gasteiger partial charge in [-0.3, -0.25) is 4.79 Å². The minimum Gasteiger partial charge on any atom is -0.346 e. The fraction of sp³-hybridized carbons (Fsp3) is 0.0556. The zero-order valence-electron chi connectivity index (χ0n) is 12.2. The van der Waals surface area contributed by atoms with Gasteiger partial charge in [-0.25, -0.2) is 9.97 Å². The van der Waals surface area contributed by atoms with E-state index in [1.54, 1.807) is 0 Å². The summed E-state index contributed by atoms with van der Waals surface area (Å²) in [5.74, 6) is -0.102. The molecular weight excluding hydrogens is 401 g/mol. The summed E-state index contributed by atoms with van der Waals surface area (Å²) in [5, 5.41) is 2.90. The van der Waals surface area contributed by atoms with Crippen LogP contribution in [0.15, 0.2) is 67.0 Å². The molecule has 0 bridgehead atoms. The van der Waals surface area contributed by atoms with E-state index in [-0.39, 0.29) is 5.91 Å². The number of benzene rings is 2. The molecule has 3 rings (SSSR count). The van der Waals surface area contributed by atoms with Crippen molar-refractivity contribution in [3.63, 3.8) is 0 Å². The number of hydrogen-bond donors (Lipinski definition) is 1. The summed E-state index contributed by atoms with van der Waals surface area (Å²) in [7, 11) is 0. The molecule has 0 radical (unpaired) electrons. The van der Waals surface area contributed by atoms with Crippen molar-refractivity contribution >= 4 is 28.5 Å². The number of carbonyl (C=O) groups excluding carboxylic acids is 1. The fourth-order valence-electron chi connectivity index (χ4n) is 2.17. The van der Waals surface area contributed by atoms with Crippen LogP contribution in [0.1, 0.15) is 16.1 Å². The van der Waals surface area contributed by atoms with E-state index < -0.39 is 0 Å². The van der Waals surface area contributed by atoms with Gasteiger partial charge in [0.1, 0.15) is 6.33 Å². The van der Waals surface area contributed by atoms with E-state index in [1.165, 1.54) is 6.33 Å². The maximum Gasteiger partial charge on any atom is 0.252 e. The van der Waals surface area contributed by atoms with Gasteiger partial charge in [0, 0.05) is 9.13 Å². The average molecular weight is 415 g/mol. The topological polar surface area (TPSA) is 54.9 Å². The van der Waals surface area contributed by atoms with E-state index in [9.17, 15) is 4.79 Å². The van der Waals surface area contributed by atoms with Gasteiger partial charge in [-0.05, 0) is 40.8 Å². The zero-order chi connectivity index (χ0) is 16.1. The highest BCUT2D eigenvalue weighted by Crippen LogP contribution is 2.16. The van der Waals surface area contributed by atoms with Crippen molar-refractivity contribution in [3.8, 4) is 11.3 Å². The number of nitrogens with one attached hydrogen (secondary N) is 1. The van der Waals surface area contributed by atoms with E-state index in [1.807, 2.05) is 60.7 Å². The molecule has 2 aromatic carbocycles. The minimum absolute atomic E-state index is 0.102. The lowest BCUT2D eigenvalue weighted by Crippen LogP contribution is -2.24. The van der Waals surface area contributed by atoms with Crippen molar-refractivity contribution in [2.45, 2.75) is 6.54 Å². The molecule has 0 aliphatic rings. The number of amides is 1. The molecule has 4 nitrogen and oxygen atoms in total. The van der Waals surface area contributed by atoms with Crippen molar-refractivity contribution < 1.29 is 4.79 Å². The van der Waals surface area contributed by atoms with Gasteiger partial charge in [0.2, 0.25) is 0 Å². The molecule has 1 heterocycles. The lowest BCUT2D eigenvalue weighted by molar-refractivity contribution is 0.0949. The van der Waals surface area contributed by atoms with Crippen LogP contribution in [0, 0.1) is 3.57 Å². The summed E-state index contributed by atoms with van der Waals surface area (Å²) in [6.45, 7) is 0.367. The number of halogens is 1. The molecule has 0 fully saturated rings. The van der Waals surface area contributed by atoms with Gasteiger partial charge in [0.15, 0.2) is 0 Å². The van der Waals surface area contributed by atoms with Crippen molar-refractivity contribution in [1.29, 1.82) is 0 Å². The van der Waals surface area contributed by atoms with Crippen molar-refractivity contribution in [2.24, 2.45) is 0 Å². The monoisotopic (exact) mass is 415 g/mol. The summed E-state index contributed by atoms with van der Waals surface area (Å²) in [6.07, 6.45) is 1.52. The lowest BCUT2D eigenvalue weighted by atomic mass is 10.1. The molecule has 5 heteroatoms. The maximum atomic E-state index is 12.2. The summed E-state index contributed by atoms with van der Waals surface area (Å²) < 4.78 is 0.926. The SMILES string of the molecule is O=C(NCc1cc(-c2ccccc2)ncn1)c1ccccc1I. The van der Waals surface area contributed by atoms with Gasteiger partial charge >= 0.3 is 0 Å². The van der Waals surface area contributed by atoms with Crippen molar-refractivity contribution in [3.05, 3.63) is 81.8 Å². The van der Waals surface area contributed by atoms with E-state index in [0.717, 1.165) is 20.5 Å². The Morgan fingerprint density at radius 1 is 1.00 bits per heavy atom. The quantitative estimate of drug-likeness (QED) is 0.662. The second kappa shape index (κ2) is 7.32. The minimum atomic E-state index is -0.102. The first-order valence-corrected chi connectivity index (χ1v) is 8.21. The van der Waals surface area contributed by atoms with Gasteiger partial charge in [0.25, 0.3) is 5.91 Å². The number of nitrogens with zero attached hydrogens (tertiary/aromatic N) is 2. The van der Waals surface area contributed by atoms with E-state index in [4.69, 9.17) is 0 Å². The summed E-state index contributed by atoms with van der Waals surface area (Å²) in [4.78, 5) is 20.7. The Kier molecular flexibility index (Phi) is 4.97. The highest BCUT2D eigenvalue weighted by molar-refractivity contribution is 14.1. The summed E-state index contributed by atoms with van der Waals surface area (Å²) in [6, 6.07) is 19.3. The Balaban J connectivity index is 1.72. The van der Waals surface area contributed by atoms with E-state index >= 15 is 0 Å². The molecule has 3 aromatic rings. The van der Waals surface area contributed by atoms with Crippen LogP contribution in [0.4, 0.5) is 0 Å². The van der Waals surface area contributed by atoms with Crippen LogP contribution in [-0.4, -0.2) is 15.9 Å². The summed E-state index contributed by atoms with van der Waals surface area (Å²) in [5.41, 5.74) is 3.32. The molecule has 1 amide bonds. The van der Waals surface area contributed by atoms with Crippen LogP contribution >= 0.6 is 22.6 Å². The first kappa shape index (κ1) is 15.6. The third-order valence-corrected chi connectivity index (χ3v) is 4.28. The van der Waals surface area contributed by atoms with Gasteiger partial charge < -0.3 is 5.32 Å². The molecule has 0 aliphatic heterocycles. The molecule has 1 aromatic heterocycles. The van der Waals surface area contributed by atoms with Gasteiger partial charge in [0.05, 0.1) is 23.5 Å². The number of aromatic nitrogens is 2. The third-order valence-electron chi connectivity index (χ3n) is 3.34. The second-order valence-corrected chi connectivity index (χ2v) is 6.09. The highest BCUT2D eigenvalue weighted by atomic mass is 127. The third kappa shape index (κ3) is 3.92. The Labute approximate surface area is 148 Å². The fourth-order valence-corrected chi connectivity index (χ4v) is 2.80. The first-order valence-electron chi connectivity index (χ1n) is 7.13. The lowest BCUT2D eigenvalue weighted by Gasteiger charge is -2.07. The van der Waals surface area contributed by atoms with Crippen LogP contribution in [0.3, 0.4) is 0 Å². The Hall–Kier alpha value is -2.28. The van der Waals surface area contributed by atoms with Gasteiger partial charge in [-0.2, -0.15) is 0 Å². The van der Waals surface area contributed by atoms with Crippen LogP contribution in [0.25, 0.3) is 11.3 Å². The van der Waals surface area contributed by atoms with Crippen molar-refractivity contribution in [1.82, 2.24) is 15.3 Å². The number of hydrogen-bond acceptors (Lipinski definition) is 3. The average Bonchev–Trinajstić information content (AvgIpc) is 2.61. The first-order chi connectivity index (χ1) is 11.2. The molecule has 0 unspecified atom stereocenters. The molecular formula is C18H14IN3O. The largest absolute Gasteiger partial charge is 0.346 e. The van der Waals surface area contributed by atoms with Crippen LogP contribution in [0.2, 0.25) is 0 Å². The van der Waals surface area contributed by atoms with E-state index in [2.05, 4.69) is 37.9 Å². The van der Waals surface area contributed by atoms with Gasteiger partial charge in [-0.15, -0.1) is 0 Å². The predicted octanol–water partition coefficient (Wildman–Crippen LogP) is 3.68. The smallest absolute Gasteiger partial charge is 0.252 e. The van der Waals surface area contributed by atoms with Crippen LogP contribution in [0.5, 0.6) is 0 Å². The van der Waals surface area contributed by atoms with Crippen LogP contribution in [-0.2, 0) is 6.54 Å². The number of carbonyl (C=O) groups is 1. The molecule has 0 saturated carbocycles. The Morgan fingerprint density at radius 2 is 1.74 bits per heavy atom. The molecule has 0 spiro atoms. The van der Waals surface area contributed by atoms with E-state index in [0.29, 0.717) is 12.1 Å². The van der Waals surface area contributed by atoms with Crippen LogP contribution < -0.4 is 5.32 Å².